The first-order chi connectivity index (χ1) is 21.2. The van der Waals surface area contributed by atoms with Gasteiger partial charge in [-0.15, -0.1) is 36.7 Å². The van der Waals surface area contributed by atoms with Gasteiger partial charge in [-0.3, -0.25) is 9.13 Å². The van der Waals surface area contributed by atoms with Crippen LogP contribution in [0.15, 0.2) is 98.6 Å². The first-order valence-corrected chi connectivity index (χ1v) is 16.7. The second kappa shape index (κ2) is 16.5. The Balaban J connectivity index is 1.48. The smallest absolute Gasteiger partial charge is 0.383 e. The maximum atomic E-state index is 12.8. The third-order valence-corrected chi connectivity index (χ3v) is 10.4. The van der Waals surface area contributed by atoms with Crippen molar-refractivity contribution in [1.82, 2.24) is 19.1 Å². The second-order valence-corrected chi connectivity index (χ2v) is 13.1. The molecule has 2 aromatic heterocycles. The van der Waals surface area contributed by atoms with Gasteiger partial charge in [-0.05, 0) is 35.4 Å². The normalized spacial score (nSPS) is 13.8. The lowest BCUT2D eigenvalue weighted by atomic mass is 10.1. The molecule has 4 atom stereocenters. The van der Waals surface area contributed by atoms with Crippen LogP contribution in [0.1, 0.15) is 32.6 Å². The van der Waals surface area contributed by atoms with Crippen molar-refractivity contribution in [2.24, 2.45) is 0 Å². The molecular weight excluding hydrogens is 686 g/mol. The fourth-order valence-corrected chi connectivity index (χ4v) is 7.23. The number of imidazole rings is 2. The van der Waals surface area contributed by atoms with E-state index in [1.807, 2.05) is 24.3 Å². The molecule has 4 rings (SSSR count). The first-order valence-electron chi connectivity index (χ1n) is 13.0. The summed E-state index contributed by atoms with van der Waals surface area (Å²) in [7, 11) is 0. The van der Waals surface area contributed by atoms with E-state index in [2.05, 4.69) is 23.1 Å². The van der Waals surface area contributed by atoms with Gasteiger partial charge in [0.1, 0.15) is 11.0 Å². The molecule has 0 aliphatic carbocycles. The molecule has 0 N–H and O–H groups in total. The molecule has 0 aliphatic rings. The van der Waals surface area contributed by atoms with Gasteiger partial charge in [0.15, 0.2) is 0 Å². The van der Waals surface area contributed by atoms with E-state index in [1.54, 1.807) is 48.8 Å². The van der Waals surface area contributed by atoms with Crippen molar-refractivity contribution in [2.45, 2.75) is 21.5 Å². The first kappa shape index (κ1) is 34.0. The Bertz CT molecular complexity index is 1460. The predicted molar refractivity (Wildman–Crippen MR) is 179 cm³/mol. The van der Waals surface area contributed by atoms with Gasteiger partial charge in [-0.25, -0.2) is 19.6 Å². The maximum absolute atomic E-state index is 12.8. The molecule has 0 saturated carbocycles. The lowest BCUT2D eigenvalue weighted by Crippen LogP contribution is -2.28. The van der Waals surface area contributed by atoms with Crippen LogP contribution < -0.4 is 9.47 Å². The summed E-state index contributed by atoms with van der Waals surface area (Å²) in [5, 5.41) is 0.568. The topological polar surface area (TPSA) is 88.2 Å². The highest BCUT2D eigenvalue weighted by Crippen LogP contribution is 2.44. The van der Waals surface area contributed by atoms with Crippen molar-refractivity contribution in [3.8, 4) is 12.0 Å². The van der Waals surface area contributed by atoms with Crippen LogP contribution in [0.2, 0.25) is 10.0 Å². The molecule has 0 spiro atoms. The van der Waals surface area contributed by atoms with Gasteiger partial charge in [-0.1, -0.05) is 82.8 Å². The van der Waals surface area contributed by atoms with Gasteiger partial charge in [0, 0.05) is 46.3 Å². The number of carbonyl (C=O) groups is 2. The van der Waals surface area contributed by atoms with Crippen molar-refractivity contribution in [1.29, 1.82) is 0 Å². The zero-order valence-corrected chi connectivity index (χ0v) is 27.6. The highest BCUT2D eigenvalue weighted by Gasteiger charge is 2.31. The Morgan fingerprint density at radius 1 is 0.727 bits per heavy atom. The van der Waals surface area contributed by atoms with Crippen molar-refractivity contribution < 1.29 is 19.1 Å². The summed E-state index contributed by atoms with van der Waals surface area (Å²) < 4.78 is 13.5. The Labute approximate surface area is 283 Å². The monoisotopic (exact) mass is 710 g/mol. The van der Waals surface area contributed by atoms with Crippen LogP contribution in [0.25, 0.3) is 0 Å². The molecule has 0 aliphatic heterocycles. The number of hydrogen-bond donors (Lipinski definition) is 0. The third-order valence-electron chi connectivity index (χ3n) is 6.02. The molecule has 0 radical (unpaired) electrons. The van der Waals surface area contributed by atoms with E-state index in [1.165, 1.54) is 45.1 Å². The largest absolute Gasteiger partial charge is 0.425 e. The number of aromatic nitrogens is 4. The molecule has 0 bridgehead atoms. The Morgan fingerprint density at radius 3 is 1.43 bits per heavy atom. The molecule has 2 aromatic carbocycles. The predicted octanol–water partition coefficient (Wildman–Crippen LogP) is 8.69. The Morgan fingerprint density at radius 2 is 1.09 bits per heavy atom. The quantitative estimate of drug-likeness (QED) is 0.0556. The number of carbonyl (C=O) groups excluding carboxylic acids is 2. The lowest BCUT2D eigenvalue weighted by molar-refractivity contribution is -0.157. The summed E-state index contributed by atoms with van der Waals surface area (Å²) in [5.41, 5.74) is 0.266. The summed E-state index contributed by atoms with van der Waals surface area (Å²) in [6.07, 6.45) is 9.42. The van der Waals surface area contributed by atoms with Crippen LogP contribution in [0.3, 0.4) is 0 Å². The van der Waals surface area contributed by atoms with Gasteiger partial charge in [-0.2, -0.15) is 0 Å². The van der Waals surface area contributed by atoms with E-state index in [4.69, 9.17) is 55.9 Å². The van der Waals surface area contributed by atoms with Crippen molar-refractivity contribution in [2.75, 3.05) is 11.5 Å². The van der Waals surface area contributed by atoms with Gasteiger partial charge in [0.05, 0.1) is 10.5 Å². The van der Waals surface area contributed by atoms with Gasteiger partial charge >= 0.3 is 24.0 Å². The average Bonchev–Trinajstić information content (AvgIpc) is 3.68. The number of esters is 2. The lowest BCUT2D eigenvalue weighted by Gasteiger charge is -2.24. The van der Waals surface area contributed by atoms with E-state index >= 15 is 0 Å². The summed E-state index contributed by atoms with van der Waals surface area (Å²) in [4.78, 5) is 33.9. The van der Waals surface area contributed by atoms with Gasteiger partial charge in [0.2, 0.25) is 0 Å². The zero-order chi connectivity index (χ0) is 31.6. The highest BCUT2D eigenvalue weighted by molar-refractivity contribution is 8.00. The van der Waals surface area contributed by atoms with E-state index in [9.17, 15) is 9.59 Å². The summed E-state index contributed by atoms with van der Waals surface area (Å²) in [6.45, 7) is 7.55. The molecule has 0 saturated heterocycles. The SMILES string of the molecule is C=CCSC(c1ccc(Cl)cc1)C(Cl)n1ccnc1OC(=O)C(=O)Oc1nccn1C(Cl)C(SCC=C)c1ccc(Cl)cc1. The standard InChI is InChI=1S/C30H26Cl4N4O4S2/c1-3-17-43-23(19-5-9-21(31)10-6-19)25(33)37-15-13-35-29(37)41-27(39)28(40)42-30-36-14-16-38(30)26(34)24(44-18-4-2)20-7-11-22(32)12-8-20/h3-16,23-26H,1-2,17-18H2. The van der Waals surface area contributed by atoms with Crippen LogP contribution in [-0.2, 0) is 9.59 Å². The van der Waals surface area contributed by atoms with Crippen LogP contribution in [0.5, 0.6) is 12.0 Å². The number of rotatable bonds is 14. The molecule has 2 heterocycles. The summed E-state index contributed by atoms with van der Waals surface area (Å²) in [6, 6.07) is 14.1. The molecule has 4 aromatic rings. The van der Waals surface area contributed by atoms with Crippen molar-refractivity contribution >= 4 is 81.9 Å². The molecule has 14 heteroatoms. The van der Waals surface area contributed by atoms with Crippen molar-refractivity contribution in [3.63, 3.8) is 0 Å². The Kier molecular flexibility index (Phi) is 12.7. The summed E-state index contributed by atoms with van der Waals surface area (Å²) >= 11 is 28.9. The second-order valence-electron chi connectivity index (χ2n) is 8.95. The molecular formula is C30H26Cl4N4O4S2. The fourth-order valence-electron chi connectivity index (χ4n) is 3.99. The fraction of sp³-hybridized carbons (Fsp3) is 0.200. The number of halogens is 4. The number of benzene rings is 2. The minimum atomic E-state index is -1.32. The van der Waals surface area contributed by atoms with Crippen molar-refractivity contribution in [3.05, 3.63) is 120 Å². The molecule has 230 valence electrons. The van der Waals surface area contributed by atoms with E-state index in [0.717, 1.165) is 11.1 Å². The van der Waals surface area contributed by atoms with Crippen LogP contribution in [0, 0.1) is 0 Å². The van der Waals surface area contributed by atoms with E-state index in [-0.39, 0.29) is 22.5 Å². The van der Waals surface area contributed by atoms with E-state index in [0.29, 0.717) is 21.6 Å². The van der Waals surface area contributed by atoms with Gasteiger partial charge in [0.25, 0.3) is 0 Å². The third kappa shape index (κ3) is 8.65. The molecule has 8 nitrogen and oxygen atoms in total. The van der Waals surface area contributed by atoms with E-state index < -0.39 is 22.9 Å². The number of hydrogen-bond acceptors (Lipinski definition) is 8. The molecule has 4 unspecified atom stereocenters. The molecule has 44 heavy (non-hydrogen) atoms. The highest BCUT2D eigenvalue weighted by atomic mass is 35.5. The molecule has 0 amide bonds. The molecule has 0 fully saturated rings. The Hall–Kier alpha value is -2.86. The number of nitrogens with zero attached hydrogens (tertiary/aromatic N) is 4. The van der Waals surface area contributed by atoms with Crippen LogP contribution in [0.4, 0.5) is 0 Å². The van der Waals surface area contributed by atoms with Crippen LogP contribution >= 0.6 is 69.9 Å². The van der Waals surface area contributed by atoms with Gasteiger partial charge < -0.3 is 9.47 Å². The zero-order valence-electron chi connectivity index (χ0n) is 23.0. The van der Waals surface area contributed by atoms with Crippen LogP contribution in [-0.4, -0.2) is 42.5 Å². The minimum Gasteiger partial charge on any atom is -0.383 e. The summed E-state index contributed by atoms with van der Waals surface area (Å²) in [5.74, 6) is -1.43. The number of ether oxygens (including phenoxy) is 2. The number of thioether (sulfide) groups is 2. The minimum absolute atomic E-state index is 0.188. The maximum Gasteiger partial charge on any atom is 0.425 e. The average molecular weight is 713 g/mol. The number of alkyl halides is 2.